The Morgan fingerprint density at radius 3 is 2.41 bits per heavy atom. The zero-order valence-electron chi connectivity index (χ0n) is 34.3. The van der Waals surface area contributed by atoms with E-state index in [4.69, 9.17) is 27.3 Å². The second-order valence-corrected chi connectivity index (χ2v) is 16.3. The number of pyridine rings is 1. The van der Waals surface area contributed by atoms with Crippen LogP contribution >= 0.6 is 11.6 Å². The molecular formula is C45H52ClN9O4. The van der Waals surface area contributed by atoms with E-state index >= 15 is 0 Å². The van der Waals surface area contributed by atoms with E-state index in [0.29, 0.717) is 34.9 Å². The third kappa shape index (κ3) is 10.4. The third-order valence-electron chi connectivity index (χ3n) is 10.8. The standard InChI is InChI=1S/C45H52ClN9O4/c1-28-23-31(9-10-32(28)26-51-43(58)41-52-44(59-53-41)45(2,3)4)39(47)37-25-33(27-50-40(37)48)30-11-13-34(14-12-30)55-20-18-54(19-21-55)17-16-29-8-15-35(38(46)24-29)36(7-6-22-56)42(57)49-5/h8-15,22-25,27,36,47H,6-7,16-21,26H2,1-5H3,(H2,48,50)(H,49,57)(H,51,58). The van der Waals surface area contributed by atoms with E-state index in [2.05, 4.69) is 59.8 Å². The first kappa shape index (κ1) is 42.7. The average molecular weight is 818 g/mol. The number of nitrogens with zero attached hydrogens (tertiary/aromatic N) is 5. The highest BCUT2D eigenvalue weighted by atomic mass is 35.5. The highest BCUT2D eigenvalue weighted by Crippen LogP contribution is 2.31. The number of halogens is 1. The van der Waals surface area contributed by atoms with Gasteiger partial charge < -0.3 is 30.6 Å². The van der Waals surface area contributed by atoms with E-state index in [1.54, 1.807) is 13.2 Å². The topological polar surface area (TPSA) is 183 Å². The van der Waals surface area contributed by atoms with Crippen LogP contribution in [0.1, 0.15) is 89.4 Å². The molecule has 0 aliphatic carbocycles. The van der Waals surface area contributed by atoms with Crippen LogP contribution in [0.3, 0.4) is 0 Å². The summed E-state index contributed by atoms with van der Waals surface area (Å²) < 4.78 is 5.25. The second kappa shape index (κ2) is 18.8. The molecule has 2 amide bonds. The number of aryl methyl sites for hydroxylation is 1. The fourth-order valence-corrected chi connectivity index (χ4v) is 7.48. The number of aldehydes is 1. The largest absolute Gasteiger partial charge is 0.383 e. The SMILES string of the molecule is CNC(=O)C(CCC=O)c1ccc(CCN2CCN(c3ccc(-c4cnc(N)c(C(=N)c5ccc(CNC(=O)c6noc(C(C)(C)C)n6)c(C)c5)c4)cc3)CC2)cc1Cl. The van der Waals surface area contributed by atoms with Crippen LogP contribution < -0.4 is 21.3 Å². The van der Waals surface area contributed by atoms with E-state index in [1.165, 1.54) is 0 Å². The summed E-state index contributed by atoms with van der Waals surface area (Å²) >= 11 is 6.64. The number of aromatic nitrogens is 3. The van der Waals surface area contributed by atoms with E-state index in [9.17, 15) is 14.4 Å². The van der Waals surface area contributed by atoms with E-state index in [1.807, 2.05) is 70.2 Å². The number of anilines is 2. The van der Waals surface area contributed by atoms with Gasteiger partial charge in [-0.05, 0) is 77.9 Å². The van der Waals surface area contributed by atoms with Crippen molar-refractivity contribution in [3.8, 4) is 11.1 Å². The maximum absolute atomic E-state index is 12.7. The molecule has 1 aliphatic rings. The second-order valence-electron chi connectivity index (χ2n) is 15.9. The van der Waals surface area contributed by atoms with Gasteiger partial charge in [-0.3, -0.25) is 19.9 Å². The van der Waals surface area contributed by atoms with Crippen LogP contribution in [-0.4, -0.2) is 83.6 Å². The van der Waals surface area contributed by atoms with Crippen molar-refractivity contribution in [1.29, 1.82) is 5.41 Å². The van der Waals surface area contributed by atoms with Gasteiger partial charge in [0.05, 0.1) is 11.6 Å². The van der Waals surface area contributed by atoms with Gasteiger partial charge in [0.2, 0.25) is 11.8 Å². The first-order valence-corrected chi connectivity index (χ1v) is 20.2. The highest BCUT2D eigenvalue weighted by molar-refractivity contribution is 6.31. The Balaban J connectivity index is 1.02. The number of hydrogen-bond donors (Lipinski definition) is 4. The number of piperazine rings is 1. The highest BCUT2D eigenvalue weighted by Gasteiger charge is 2.25. The maximum atomic E-state index is 12.7. The molecule has 14 heteroatoms. The van der Waals surface area contributed by atoms with Crippen molar-refractivity contribution in [2.24, 2.45) is 0 Å². The molecule has 1 aliphatic heterocycles. The van der Waals surface area contributed by atoms with Gasteiger partial charge in [-0.1, -0.05) is 73.9 Å². The molecule has 0 saturated carbocycles. The van der Waals surface area contributed by atoms with Crippen LogP contribution in [-0.2, 0) is 28.0 Å². The quantitative estimate of drug-likeness (QED) is 0.0673. The Morgan fingerprint density at radius 1 is 1.02 bits per heavy atom. The van der Waals surface area contributed by atoms with Crippen molar-refractivity contribution in [3.63, 3.8) is 0 Å². The molecule has 1 saturated heterocycles. The van der Waals surface area contributed by atoms with Gasteiger partial charge in [0.1, 0.15) is 12.1 Å². The number of carbonyl (C=O) groups excluding carboxylic acids is 3. The number of rotatable bonds is 15. The molecule has 0 radical (unpaired) electrons. The number of benzene rings is 3. The molecule has 5 N–H and O–H groups in total. The minimum absolute atomic E-state index is 0.00936. The van der Waals surface area contributed by atoms with Crippen LogP contribution in [0, 0.1) is 12.3 Å². The summed E-state index contributed by atoms with van der Waals surface area (Å²) in [6.07, 6.45) is 4.13. The summed E-state index contributed by atoms with van der Waals surface area (Å²) in [7, 11) is 1.59. The van der Waals surface area contributed by atoms with Crippen molar-refractivity contribution in [2.75, 3.05) is 50.4 Å². The summed E-state index contributed by atoms with van der Waals surface area (Å²) in [6.45, 7) is 12.6. The lowest BCUT2D eigenvalue weighted by Gasteiger charge is -2.36. The summed E-state index contributed by atoms with van der Waals surface area (Å²) in [6, 6.07) is 21.9. The van der Waals surface area contributed by atoms with Crippen LogP contribution in [0.25, 0.3) is 11.1 Å². The molecule has 1 fully saturated rings. The number of amides is 2. The Labute approximate surface area is 350 Å². The normalized spacial score (nSPS) is 13.8. The summed E-state index contributed by atoms with van der Waals surface area (Å²) in [5.74, 6) is -0.355. The zero-order chi connectivity index (χ0) is 42.3. The fourth-order valence-electron chi connectivity index (χ4n) is 7.14. The molecule has 1 unspecified atom stereocenters. The molecule has 0 spiro atoms. The first-order valence-electron chi connectivity index (χ1n) is 19.8. The molecule has 2 aromatic heterocycles. The van der Waals surface area contributed by atoms with Gasteiger partial charge in [-0.25, -0.2) is 4.98 Å². The summed E-state index contributed by atoms with van der Waals surface area (Å²) in [5.41, 5.74) is 14.1. The van der Waals surface area contributed by atoms with Crippen molar-refractivity contribution >= 4 is 46.9 Å². The molecule has 13 nitrogen and oxygen atoms in total. The Morgan fingerprint density at radius 2 is 1.76 bits per heavy atom. The van der Waals surface area contributed by atoms with Crippen LogP contribution in [0.4, 0.5) is 11.5 Å². The van der Waals surface area contributed by atoms with Crippen molar-refractivity contribution in [2.45, 2.75) is 64.8 Å². The molecule has 59 heavy (non-hydrogen) atoms. The molecule has 308 valence electrons. The molecular weight excluding hydrogens is 766 g/mol. The van der Waals surface area contributed by atoms with Crippen LogP contribution in [0.2, 0.25) is 5.02 Å². The monoisotopic (exact) mass is 817 g/mol. The third-order valence-corrected chi connectivity index (χ3v) is 11.1. The van der Waals surface area contributed by atoms with Gasteiger partial charge in [0.15, 0.2) is 0 Å². The lowest BCUT2D eigenvalue weighted by atomic mass is 9.92. The minimum Gasteiger partial charge on any atom is -0.383 e. The van der Waals surface area contributed by atoms with Crippen LogP contribution in [0.5, 0.6) is 0 Å². The fraction of sp³-hybridized carbons (Fsp3) is 0.356. The van der Waals surface area contributed by atoms with Gasteiger partial charge >= 0.3 is 0 Å². The van der Waals surface area contributed by atoms with Crippen molar-refractivity contribution in [1.82, 2.24) is 30.7 Å². The average Bonchev–Trinajstić information content (AvgIpc) is 3.75. The number of nitrogens with two attached hydrogens (primary N) is 1. The lowest BCUT2D eigenvalue weighted by Crippen LogP contribution is -2.47. The number of likely N-dealkylation sites (N-methyl/N-ethyl adjacent to an activating group) is 1. The van der Waals surface area contributed by atoms with Crippen molar-refractivity contribution in [3.05, 3.63) is 123 Å². The summed E-state index contributed by atoms with van der Waals surface area (Å²) in [4.78, 5) is 49.6. The number of nitrogen functional groups attached to an aromatic ring is 1. The number of carbonyl (C=O) groups is 3. The van der Waals surface area contributed by atoms with E-state index in [-0.39, 0.29) is 35.2 Å². The smallest absolute Gasteiger partial charge is 0.292 e. The maximum Gasteiger partial charge on any atom is 0.292 e. The van der Waals surface area contributed by atoms with Gasteiger partial charge in [0, 0.05) is 91.7 Å². The lowest BCUT2D eigenvalue weighted by molar-refractivity contribution is -0.122. The van der Waals surface area contributed by atoms with Gasteiger partial charge in [-0.15, -0.1) is 0 Å². The Kier molecular flexibility index (Phi) is 13.6. The van der Waals surface area contributed by atoms with E-state index < -0.39 is 11.8 Å². The van der Waals surface area contributed by atoms with E-state index in [0.717, 1.165) is 84.5 Å². The summed E-state index contributed by atoms with van der Waals surface area (Å²) in [5, 5.41) is 19.0. The Bertz CT molecular complexity index is 2310. The molecule has 3 aromatic carbocycles. The molecule has 5 aromatic rings. The van der Waals surface area contributed by atoms with Gasteiger partial charge in [-0.2, -0.15) is 4.98 Å². The molecule has 0 bridgehead atoms. The Hall–Kier alpha value is -5.92. The minimum atomic E-state index is -0.452. The molecule has 3 heterocycles. The zero-order valence-corrected chi connectivity index (χ0v) is 35.0. The predicted octanol–water partition coefficient (Wildman–Crippen LogP) is 6.49. The number of hydrogen-bond acceptors (Lipinski definition) is 11. The molecule has 1 atom stereocenters. The van der Waals surface area contributed by atoms with Crippen LogP contribution in [0.15, 0.2) is 77.4 Å². The van der Waals surface area contributed by atoms with Crippen molar-refractivity contribution < 1.29 is 18.9 Å². The predicted molar refractivity (Wildman–Crippen MR) is 231 cm³/mol. The molecule has 6 rings (SSSR count). The van der Waals surface area contributed by atoms with Gasteiger partial charge in [0.25, 0.3) is 11.7 Å². The first-order chi connectivity index (χ1) is 28.2. The number of nitrogens with one attached hydrogen (secondary N) is 3.